The summed E-state index contributed by atoms with van der Waals surface area (Å²) in [7, 11) is 0. The number of rotatable bonds is 3. The summed E-state index contributed by atoms with van der Waals surface area (Å²) in [4.78, 5) is 17.3. The molecule has 0 saturated heterocycles. The van der Waals surface area contributed by atoms with Crippen molar-refractivity contribution in [1.82, 2.24) is 5.48 Å². The van der Waals surface area contributed by atoms with Crippen LogP contribution in [0.1, 0.15) is 47.2 Å². The molecule has 3 heteroatoms. The van der Waals surface area contributed by atoms with E-state index in [4.69, 9.17) is 4.84 Å². The van der Waals surface area contributed by atoms with Crippen LogP contribution in [-0.2, 0) is 4.84 Å². The van der Waals surface area contributed by atoms with Crippen molar-refractivity contribution in [3.8, 4) is 0 Å². The highest BCUT2D eigenvalue weighted by atomic mass is 16.7. The van der Waals surface area contributed by atoms with E-state index in [1.54, 1.807) is 0 Å². The predicted octanol–water partition coefficient (Wildman–Crippen LogP) is 2.91. The molecule has 0 aromatic heterocycles. The molecular weight excluding hydrogens is 214 g/mol. The van der Waals surface area contributed by atoms with Gasteiger partial charge in [-0.2, -0.15) is 0 Å². The molecule has 1 N–H and O–H groups in total. The third-order valence-corrected chi connectivity index (χ3v) is 3.25. The summed E-state index contributed by atoms with van der Waals surface area (Å²) in [5, 5.41) is 0. The van der Waals surface area contributed by atoms with Crippen molar-refractivity contribution in [2.45, 2.75) is 45.6 Å². The van der Waals surface area contributed by atoms with Gasteiger partial charge in [-0.1, -0.05) is 30.5 Å². The van der Waals surface area contributed by atoms with Crippen molar-refractivity contribution < 1.29 is 9.63 Å². The number of hydroxylamine groups is 1. The van der Waals surface area contributed by atoms with Gasteiger partial charge in [0.25, 0.3) is 5.91 Å². The Morgan fingerprint density at radius 3 is 2.65 bits per heavy atom. The van der Waals surface area contributed by atoms with E-state index < -0.39 is 0 Å². The summed E-state index contributed by atoms with van der Waals surface area (Å²) in [5.41, 5.74) is 5.40. The number of hydrogen-bond acceptors (Lipinski definition) is 2. The molecular formula is C14H19NO2. The lowest BCUT2D eigenvalue weighted by molar-refractivity contribution is -0.0125. The second-order valence-corrected chi connectivity index (χ2v) is 4.77. The number of carbonyl (C=O) groups is 1. The molecule has 17 heavy (non-hydrogen) atoms. The second kappa shape index (κ2) is 5.32. The number of amides is 1. The lowest BCUT2D eigenvalue weighted by atomic mass is 10.1. The molecule has 2 rings (SSSR count). The zero-order chi connectivity index (χ0) is 12.3. The van der Waals surface area contributed by atoms with E-state index in [-0.39, 0.29) is 12.0 Å². The van der Waals surface area contributed by atoms with E-state index in [9.17, 15) is 4.79 Å². The number of benzene rings is 1. The summed E-state index contributed by atoms with van der Waals surface area (Å²) in [5.74, 6) is -0.144. The van der Waals surface area contributed by atoms with Crippen LogP contribution >= 0.6 is 0 Å². The average molecular weight is 233 g/mol. The fourth-order valence-corrected chi connectivity index (χ4v) is 2.27. The largest absolute Gasteiger partial charge is 0.275 e. The second-order valence-electron chi connectivity index (χ2n) is 4.77. The van der Waals surface area contributed by atoms with Crippen LogP contribution in [0, 0.1) is 13.8 Å². The van der Waals surface area contributed by atoms with E-state index in [1.807, 2.05) is 32.0 Å². The molecule has 0 aliphatic heterocycles. The lowest BCUT2D eigenvalue weighted by Crippen LogP contribution is -2.28. The molecule has 1 amide bonds. The normalized spacial score (nSPS) is 16.1. The predicted molar refractivity (Wildman–Crippen MR) is 66.7 cm³/mol. The van der Waals surface area contributed by atoms with Gasteiger partial charge in [0, 0.05) is 5.56 Å². The molecule has 0 atom stereocenters. The topological polar surface area (TPSA) is 38.3 Å². The Labute approximate surface area is 102 Å². The van der Waals surface area contributed by atoms with Crippen LogP contribution in [0.2, 0.25) is 0 Å². The Kier molecular flexibility index (Phi) is 3.79. The third-order valence-electron chi connectivity index (χ3n) is 3.25. The first-order chi connectivity index (χ1) is 8.16. The third kappa shape index (κ3) is 3.07. The maximum absolute atomic E-state index is 11.9. The van der Waals surface area contributed by atoms with E-state index >= 15 is 0 Å². The van der Waals surface area contributed by atoms with Gasteiger partial charge in [-0.15, -0.1) is 0 Å². The van der Waals surface area contributed by atoms with Crippen LogP contribution in [0.25, 0.3) is 0 Å². The van der Waals surface area contributed by atoms with Gasteiger partial charge in [-0.05, 0) is 38.3 Å². The summed E-state index contributed by atoms with van der Waals surface area (Å²) >= 11 is 0. The minimum atomic E-state index is -0.144. The average Bonchev–Trinajstić information content (AvgIpc) is 2.78. The molecule has 0 heterocycles. The monoisotopic (exact) mass is 233 g/mol. The number of nitrogens with one attached hydrogen (secondary N) is 1. The summed E-state index contributed by atoms with van der Waals surface area (Å²) in [6.45, 7) is 3.96. The van der Waals surface area contributed by atoms with Gasteiger partial charge in [0.15, 0.2) is 0 Å². The molecule has 0 bridgehead atoms. The van der Waals surface area contributed by atoms with Crippen molar-refractivity contribution >= 4 is 5.91 Å². The molecule has 3 nitrogen and oxygen atoms in total. The maximum atomic E-state index is 11.9. The van der Waals surface area contributed by atoms with Gasteiger partial charge in [0.1, 0.15) is 0 Å². The molecule has 1 fully saturated rings. The molecule has 1 aliphatic carbocycles. The van der Waals surface area contributed by atoms with Gasteiger partial charge >= 0.3 is 0 Å². The van der Waals surface area contributed by atoms with Crippen molar-refractivity contribution in [2.75, 3.05) is 0 Å². The first kappa shape index (κ1) is 12.1. The SMILES string of the molecule is Cc1ccc(C(=O)NOC2CCCC2)c(C)c1. The van der Waals surface area contributed by atoms with Crippen LogP contribution < -0.4 is 5.48 Å². The minimum Gasteiger partial charge on any atom is -0.270 e. The van der Waals surface area contributed by atoms with E-state index in [0.29, 0.717) is 5.56 Å². The van der Waals surface area contributed by atoms with Crippen molar-refractivity contribution in [3.05, 3.63) is 34.9 Å². The Hall–Kier alpha value is -1.35. The lowest BCUT2D eigenvalue weighted by Gasteiger charge is -2.12. The number of carbonyl (C=O) groups excluding carboxylic acids is 1. The quantitative estimate of drug-likeness (QED) is 0.815. The van der Waals surface area contributed by atoms with Gasteiger partial charge in [-0.25, -0.2) is 5.48 Å². The molecule has 92 valence electrons. The van der Waals surface area contributed by atoms with Crippen LogP contribution in [0.4, 0.5) is 0 Å². The number of aryl methyl sites for hydroxylation is 2. The van der Waals surface area contributed by atoms with Gasteiger partial charge in [0.2, 0.25) is 0 Å². The molecule has 1 aliphatic rings. The molecule has 0 spiro atoms. The van der Waals surface area contributed by atoms with Crippen LogP contribution in [0.5, 0.6) is 0 Å². The van der Waals surface area contributed by atoms with E-state index in [1.165, 1.54) is 12.8 Å². The van der Waals surface area contributed by atoms with E-state index in [2.05, 4.69) is 5.48 Å². The molecule has 1 aromatic rings. The Balaban J connectivity index is 1.94. The Morgan fingerprint density at radius 2 is 2.00 bits per heavy atom. The van der Waals surface area contributed by atoms with Crippen LogP contribution in [-0.4, -0.2) is 12.0 Å². The summed E-state index contributed by atoms with van der Waals surface area (Å²) < 4.78 is 0. The van der Waals surface area contributed by atoms with E-state index in [0.717, 1.165) is 24.0 Å². The fourth-order valence-electron chi connectivity index (χ4n) is 2.27. The minimum absolute atomic E-state index is 0.144. The molecule has 0 radical (unpaired) electrons. The Bertz CT molecular complexity index is 409. The molecule has 0 unspecified atom stereocenters. The first-order valence-electron chi connectivity index (χ1n) is 6.20. The molecule has 1 saturated carbocycles. The fraction of sp³-hybridized carbons (Fsp3) is 0.500. The first-order valence-corrected chi connectivity index (χ1v) is 6.20. The number of hydrogen-bond donors (Lipinski definition) is 1. The smallest absolute Gasteiger partial charge is 0.270 e. The maximum Gasteiger partial charge on any atom is 0.275 e. The summed E-state index contributed by atoms with van der Waals surface area (Å²) in [6, 6.07) is 5.79. The summed E-state index contributed by atoms with van der Waals surface area (Å²) in [6.07, 6.45) is 4.69. The zero-order valence-electron chi connectivity index (χ0n) is 10.5. The van der Waals surface area contributed by atoms with Crippen molar-refractivity contribution in [2.24, 2.45) is 0 Å². The highest BCUT2D eigenvalue weighted by Gasteiger charge is 2.17. The zero-order valence-corrected chi connectivity index (χ0v) is 10.5. The standard InChI is InChI=1S/C14H19NO2/c1-10-7-8-13(11(2)9-10)14(16)15-17-12-5-3-4-6-12/h7-9,12H,3-6H2,1-2H3,(H,15,16). The Morgan fingerprint density at radius 1 is 1.29 bits per heavy atom. The van der Waals surface area contributed by atoms with Crippen LogP contribution in [0.15, 0.2) is 18.2 Å². The van der Waals surface area contributed by atoms with Crippen molar-refractivity contribution in [3.63, 3.8) is 0 Å². The van der Waals surface area contributed by atoms with Gasteiger partial charge < -0.3 is 0 Å². The van der Waals surface area contributed by atoms with Crippen molar-refractivity contribution in [1.29, 1.82) is 0 Å². The van der Waals surface area contributed by atoms with Gasteiger partial charge in [0.05, 0.1) is 6.10 Å². The molecule has 1 aromatic carbocycles. The van der Waals surface area contributed by atoms with Gasteiger partial charge in [-0.3, -0.25) is 9.63 Å². The van der Waals surface area contributed by atoms with Crippen LogP contribution in [0.3, 0.4) is 0 Å². The highest BCUT2D eigenvalue weighted by molar-refractivity contribution is 5.94. The highest BCUT2D eigenvalue weighted by Crippen LogP contribution is 2.20.